The van der Waals surface area contributed by atoms with Crippen LogP contribution >= 0.6 is 11.3 Å². The highest BCUT2D eigenvalue weighted by Gasteiger charge is 2.29. The van der Waals surface area contributed by atoms with Crippen LogP contribution in [-0.4, -0.2) is 49.6 Å². The molecular weight excluding hydrogens is 569 g/mol. The highest BCUT2D eigenvalue weighted by molar-refractivity contribution is 7.89. The van der Waals surface area contributed by atoms with E-state index in [4.69, 9.17) is 0 Å². The normalized spacial score (nSPS) is 13.5. The molecule has 42 heavy (non-hydrogen) atoms. The molecule has 0 fully saturated rings. The molecule has 0 spiro atoms. The van der Waals surface area contributed by atoms with Crippen LogP contribution in [0.3, 0.4) is 0 Å². The van der Waals surface area contributed by atoms with E-state index in [0.717, 1.165) is 29.1 Å². The molecule has 1 aromatic heterocycles. The second-order valence-electron chi connectivity index (χ2n) is 10.1. The molecule has 2 N–H and O–H groups in total. The summed E-state index contributed by atoms with van der Waals surface area (Å²) in [5.41, 5.74) is 3.90. The summed E-state index contributed by atoms with van der Waals surface area (Å²) in [7, 11) is -2.17. The number of thiophene rings is 1. The molecule has 2 heterocycles. The van der Waals surface area contributed by atoms with Gasteiger partial charge in [0.15, 0.2) is 0 Å². The van der Waals surface area contributed by atoms with E-state index in [2.05, 4.69) is 27.7 Å². The summed E-state index contributed by atoms with van der Waals surface area (Å²) in [5, 5.41) is 6.14. The number of rotatable bonds is 10. The zero-order chi connectivity index (χ0) is 29.7. The number of hydrogen-bond donors (Lipinski definition) is 2. The summed E-state index contributed by atoms with van der Waals surface area (Å²) < 4.78 is 28.1. The standard InChI is InChI=1S/C32H34N4O4S2/c1-3-36(21-24-12-8-5-9-13-24)42(39,40)26-16-14-25(15-17-26)30(37)34-32-29(31(38)33-2)27-18-19-35(22-28(27)41-32)20-23-10-6-4-7-11-23/h4-17H,3,18-22H2,1-2H3,(H,33,38)(H,34,37). The van der Waals surface area contributed by atoms with Gasteiger partial charge in [0.05, 0.1) is 10.5 Å². The van der Waals surface area contributed by atoms with Crippen molar-refractivity contribution in [2.45, 2.75) is 37.9 Å². The number of fused-ring (bicyclic) bond motifs is 1. The lowest BCUT2D eigenvalue weighted by Crippen LogP contribution is -2.30. The fourth-order valence-corrected chi connectivity index (χ4v) is 7.86. The average molecular weight is 603 g/mol. The molecule has 0 unspecified atom stereocenters. The van der Waals surface area contributed by atoms with Crippen molar-refractivity contribution in [2.75, 3.05) is 25.5 Å². The Morgan fingerprint density at radius 3 is 2.17 bits per heavy atom. The van der Waals surface area contributed by atoms with Crippen LogP contribution in [0, 0.1) is 0 Å². The maximum Gasteiger partial charge on any atom is 0.256 e. The molecule has 0 aliphatic carbocycles. The lowest BCUT2D eigenvalue weighted by molar-refractivity contribution is 0.0962. The number of nitrogens with one attached hydrogen (secondary N) is 2. The molecule has 1 aliphatic rings. The molecule has 5 rings (SSSR count). The summed E-state index contributed by atoms with van der Waals surface area (Å²) in [4.78, 5) is 29.7. The van der Waals surface area contributed by atoms with Gasteiger partial charge < -0.3 is 10.6 Å². The first-order chi connectivity index (χ1) is 20.3. The number of nitrogens with zero attached hydrogens (tertiary/aromatic N) is 2. The molecule has 0 saturated heterocycles. The van der Waals surface area contributed by atoms with Crippen molar-refractivity contribution >= 4 is 38.2 Å². The molecule has 0 radical (unpaired) electrons. The first-order valence-electron chi connectivity index (χ1n) is 13.9. The van der Waals surface area contributed by atoms with Gasteiger partial charge in [0.1, 0.15) is 5.00 Å². The number of anilines is 1. The Labute approximate surface area is 251 Å². The maximum atomic E-state index is 13.3. The SMILES string of the molecule is CCN(Cc1ccccc1)S(=O)(=O)c1ccc(C(=O)Nc2sc3c(c2C(=O)NC)CCN(Cc2ccccc2)C3)cc1. The number of hydrogen-bond acceptors (Lipinski definition) is 6. The third kappa shape index (κ3) is 6.47. The molecule has 0 saturated carbocycles. The van der Waals surface area contributed by atoms with E-state index < -0.39 is 15.9 Å². The average Bonchev–Trinajstić information content (AvgIpc) is 3.37. The van der Waals surface area contributed by atoms with E-state index in [-0.39, 0.29) is 17.3 Å². The fraction of sp³-hybridized carbons (Fsp3) is 0.250. The van der Waals surface area contributed by atoms with Gasteiger partial charge >= 0.3 is 0 Å². The van der Waals surface area contributed by atoms with Crippen LogP contribution in [0.1, 0.15) is 49.2 Å². The minimum atomic E-state index is -3.76. The van der Waals surface area contributed by atoms with Crippen molar-refractivity contribution in [3.63, 3.8) is 0 Å². The van der Waals surface area contributed by atoms with Gasteiger partial charge in [0.25, 0.3) is 11.8 Å². The second-order valence-corrected chi connectivity index (χ2v) is 13.2. The molecule has 0 atom stereocenters. The van der Waals surface area contributed by atoms with Crippen LogP contribution in [0.4, 0.5) is 5.00 Å². The quantitative estimate of drug-likeness (QED) is 0.262. The Kier molecular flexibility index (Phi) is 9.18. The summed E-state index contributed by atoms with van der Waals surface area (Å²) in [6.07, 6.45) is 0.709. The summed E-state index contributed by atoms with van der Waals surface area (Å²) in [6, 6.07) is 25.6. The molecule has 10 heteroatoms. The van der Waals surface area contributed by atoms with Crippen LogP contribution in [0.25, 0.3) is 0 Å². The van der Waals surface area contributed by atoms with Gasteiger partial charge in [-0.1, -0.05) is 67.6 Å². The van der Waals surface area contributed by atoms with Gasteiger partial charge in [-0.05, 0) is 47.4 Å². The molecule has 218 valence electrons. The summed E-state index contributed by atoms with van der Waals surface area (Å²) in [5.74, 6) is -0.640. The van der Waals surface area contributed by atoms with Gasteiger partial charge in [-0.3, -0.25) is 14.5 Å². The van der Waals surface area contributed by atoms with Crippen molar-refractivity contribution in [3.05, 3.63) is 118 Å². The van der Waals surface area contributed by atoms with Crippen molar-refractivity contribution in [1.29, 1.82) is 0 Å². The number of sulfonamides is 1. The summed E-state index contributed by atoms with van der Waals surface area (Å²) >= 11 is 1.42. The topological polar surface area (TPSA) is 98.8 Å². The van der Waals surface area contributed by atoms with Crippen molar-refractivity contribution in [2.24, 2.45) is 0 Å². The molecule has 0 bridgehead atoms. The second kappa shape index (κ2) is 13.0. The third-order valence-electron chi connectivity index (χ3n) is 7.37. The van der Waals surface area contributed by atoms with E-state index >= 15 is 0 Å². The Balaban J connectivity index is 1.32. The molecule has 4 aromatic rings. The number of benzene rings is 3. The first-order valence-corrected chi connectivity index (χ1v) is 16.1. The molecule has 3 aromatic carbocycles. The lowest BCUT2D eigenvalue weighted by Gasteiger charge is -2.27. The van der Waals surface area contributed by atoms with E-state index in [1.165, 1.54) is 45.5 Å². The number of carbonyl (C=O) groups excluding carboxylic acids is 2. The van der Waals surface area contributed by atoms with Gasteiger partial charge in [-0.25, -0.2) is 8.42 Å². The molecular formula is C32H34N4O4S2. The van der Waals surface area contributed by atoms with E-state index in [0.29, 0.717) is 35.6 Å². The Bertz CT molecular complexity index is 1650. The Morgan fingerprint density at radius 2 is 1.55 bits per heavy atom. The molecule has 1 aliphatic heterocycles. The third-order valence-corrected chi connectivity index (χ3v) is 10.4. The zero-order valence-corrected chi connectivity index (χ0v) is 25.3. The van der Waals surface area contributed by atoms with Crippen LogP contribution in [0.15, 0.2) is 89.8 Å². The smallest absolute Gasteiger partial charge is 0.256 e. The van der Waals surface area contributed by atoms with Crippen molar-refractivity contribution < 1.29 is 18.0 Å². The predicted octanol–water partition coefficient (Wildman–Crippen LogP) is 5.13. The maximum absolute atomic E-state index is 13.3. The van der Waals surface area contributed by atoms with Crippen molar-refractivity contribution in [3.8, 4) is 0 Å². The highest BCUT2D eigenvalue weighted by atomic mass is 32.2. The largest absolute Gasteiger partial charge is 0.355 e. The van der Waals surface area contributed by atoms with E-state index in [9.17, 15) is 18.0 Å². The minimum Gasteiger partial charge on any atom is -0.355 e. The fourth-order valence-electron chi connectivity index (χ4n) is 5.14. The minimum absolute atomic E-state index is 0.118. The van der Waals surface area contributed by atoms with Gasteiger partial charge in [-0.15, -0.1) is 11.3 Å². The van der Waals surface area contributed by atoms with Gasteiger partial charge in [0.2, 0.25) is 10.0 Å². The monoisotopic (exact) mass is 602 g/mol. The highest BCUT2D eigenvalue weighted by Crippen LogP contribution is 2.38. The van der Waals surface area contributed by atoms with Crippen molar-refractivity contribution in [1.82, 2.24) is 14.5 Å². The van der Waals surface area contributed by atoms with Gasteiger partial charge in [0, 0.05) is 50.2 Å². The zero-order valence-electron chi connectivity index (χ0n) is 23.7. The van der Waals surface area contributed by atoms with Gasteiger partial charge in [-0.2, -0.15) is 4.31 Å². The van der Waals surface area contributed by atoms with E-state index in [1.54, 1.807) is 14.0 Å². The lowest BCUT2D eigenvalue weighted by atomic mass is 10.0. The van der Waals surface area contributed by atoms with Crippen LogP contribution in [0.2, 0.25) is 0 Å². The van der Waals surface area contributed by atoms with Crippen LogP contribution < -0.4 is 10.6 Å². The summed E-state index contributed by atoms with van der Waals surface area (Å²) in [6.45, 7) is 4.69. The molecule has 8 nitrogen and oxygen atoms in total. The van der Waals surface area contributed by atoms with Crippen LogP contribution in [0.5, 0.6) is 0 Å². The predicted molar refractivity (Wildman–Crippen MR) is 166 cm³/mol. The Hall–Kier alpha value is -3.83. The number of amides is 2. The van der Waals surface area contributed by atoms with Crippen LogP contribution in [-0.2, 0) is 36.1 Å². The number of carbonyl (C=O) groups is 2. The first kappa shape index (κ1) is 29.7. The van der Waals surface area contributed by atoms with E-state index in [1.807, 2.05) is 48.5 Å². The Morgan fingerprint density at radius 1 is 0.905 bits per heavy atom. The molecule has 2 amide bonds.